The molecule has 0 spiro atoms. The molecule has 16 heavy (non-hydrogen) atoms. The number of furan rings is 1. The molecule has 0 bridgehead atoms. The van der Waals surface area contributed by atoms with Crippen molar-refractivity contribution < 1.29 is 14.3 Å². The zero-order valence-corrected chi connectivity index (χ0v) is 9.40. The third-order valence-electron chi connectivity index (χ3n) is 2.96. The molecule has 2 rings (SSSR count). The standard InChI is InChI=1S/C12H17NO3/c1-8(13-7-6-9-2-3-9)10-4-5-11(16-10)12(14)15/h4-5,8-9,13H,2-3,6-7H2,1H3,(H,14,15). The van der Waals surface area contributed by atoms with Crippen molar-refractivity contribution in [3.8, 4) is 0 Å². The minimum absolute atomic E-state index is 0.00541. The maximum absolute atomic E-state index is 10.6. The first-order valence-corrected chi connectivity index (χ1v) is 5.73. The van der Waals surface area contributed by atoms with Gasteiger partial charge in [0.15, 0.2) is 0 Å². The van der Waals surface area contributed by atoms with Gasteiger partial charge in [-0.25, -0.2) is 4.79 Å². The van der Waals surface area contributed by atoms with Gasteiger partial charge in [-0.3, -0.25) is 0 Å². The zero-order valence-electron chi connectivity index (χ0n) is 9.40. The molecule has 1 aliphatic rings. The topological polar surface area (TPSA) is 62.5 Å². The maximum Gasteiger partial charge on any atom is 0.371 e. The number of rotatable bonds is 6. The Kier molecular flexibility index (Phi) is 3.29. The minimum atomic E-state index is -1.02. The van der Waals surface area contributed by atoms with E-state index in [1.807, 2.05) is 6.92 Å². The number of carboxylic acids is 1. The van der Waals surface area contributed by atoms with Gasteiger partial charge in [-0.15, -0.1) is 0 Å². The van der Waals surface area contributed by atoms with Crippen molar-refractivity contribution in [1.29, 1.82) is 0 Å². The molecule has 1 aliphatic carbocycles. The van der Waals surface area contributed by atoms with E-state index in [0.717, 1.165) is 12.5 Å². The smallest absolute Gasteiger partial charge is 0.371 e. The van der Waals surface area contributed by atoms with E-state index in [1.165, 1.54) is 25.3 Å². The van der Waals surface area contributed by atoms with E-state index >= 15 is 0 Å². The molecule has 0 aromatic carbocycles. The number of hydrogen-bond acceptors (Lipinski definition) is 3. The Morgan fingerprint density at radius 3 is 2.94 bits per heavy atom. The highest BCUT2D eigenvalue weighted by atomic mass is 16.4. The highest BCUT2D eigenvalue weighted by Crippen LogP contribution is 2.32. The second-order valence-corrected chi connectivity index (χ2v) is 4.42. The van der Waals surface area contributed by atoms with Crippen LogP contribution in [0.3, 0.4) is 0 Å². The monoisotopic (exact) mass is 223 g/mol. The van der Waals surface area contributed by atoms with Crippen molar-refractivity contribution in [2.24, 2.45) is 5.92 Å². The van der Waals surface area contributed by atoms with Crippen LogP contribution in [0.15, 0.2) is 16.5 Å². The minimum Gasteiger partial charge on any atom is -0.475 e. The zero-order chi connectivity index (χ0) is 11.5. The Morgan fingerprint density at radius 2 is 2.38 bits per heavy atom. The molecule has 1 aromatic heterocycles. The first kappa shape index (κ1) is 11.2. The summed E-state index contributed by atoms with van der Waals surface area (Å²) in [5.41, 5.74) is 0. The van der Waals surface area contributed by atoms with E-state index in [0.29, 0.717) is 5.76 Å². The number of carboxylic acid groups (broad SMARTS) is 1. The lowest BCUT2D eigenvalue weighted by Crippen LogP contribution is -2.19. The van der Waals surface area contributed by atoms with Gasteiger partial charge in [0, 0.05) is 0 Å². The van der Waals surface area contributed by atoms with Gasteiger partial charge < -0.3 is 14.8 Å². The summed E-state index contributed by atoms with van der Waals surface area (Å²) in [5.74, 6) is 0.585. The van der Waals surface area contributed by atoms with E-state index in [9.17, 15) is 4.79 Å². The normalized spacial score (nSPS) is 17.3. The van der Waals surface area contributed by atoms with Crippen LogP contribution in [0.25, 0.3) is 0 Å². The predicted molar refractivity (Wildman–Crippen MR) is 59.4 cm³/mol. The molecule has 4 heteroatoms. The molecule has 4 nitrogen and oxygen atoms in total. The molecular weight excluding hydrogens is 206 g/mol. The molecule has 1 unspecified atom stereocenters. The van der Waals surface area contributed by atoms with Crippen molar-refractivity contribution in [1.82, 2.24) is 5.32 Å². The van der Waals surface area contributed by atoms with E-state index in [-0.39, 0.29) is 11.8 Å². The Bertz CT molecular complexity index is 368. The van der Waals surface area contributed by atoms with Crippen LogP contribution in [0.1, 0.15) is 48.5 Å². The molecule has 1 aromatic rings. The molecule has 1 fully saturated rings. The average molecular weight is 223 g/mol. The van der Waals surface area contributed by atoms with Crippen molar-refractivity contribution in [3.05, 3.63) is 23.7 Å². The van der Waals surface area contributed by atoms with Crippen molar-refractivity contribution in [2.75, 3.05) is 6.54 Å². The molecule has 1 atom stereocenters. The van der Waals surface area contributed by atoms with Gasteiger partial charge in [0.1, 0.15) is 5.76 Å². The Morgan fingerprint density at radius 1 is 1.62 bits per heavy atom. The summed E-state index contributed by atoms with van der Waals surface area (Å²) in [6, 6.07) is 3.29. The largest absolute Gasteiger partial charge is 0.475 e. The number of aromatic carboxylic acids is 1. The van der Waals surface area contributed by atoms with Gasteiger partial charge in [-0.1, -0.05) is 12.8 Å². The third-order valence-corrected chi connectivity index (χ3v) is 2.96. The number of nitrogens with one attached hydrogen (secondary N) is 1. The Hall–Kier alpha value is -1.29. The fourth-order valence-electron chi connectivity index (χ4n) is 1.71. The molecule has 1 heterocycles. The van der Waals surface area contributed by atoms with Gasteiger partial charge in [0.05, 0.1) is 6.04 Å². The van der Waals surface area contributed by atoms with Crippen molar-refractivity contribution in [2.45, 2.75) is 32.2 Å². The van der Waals surface area contributed by atoms with Crippen molar-refractivity contribution in [3.63, 3.8) is 0 Å². The van der Waals surface area contributed by atoms with E-state index in [4.69, 9.17) is 9.52 Å². The van der Waals surface area contributed by atoms with Crippen LogP contribution in [0, 0.1) is 5.92 Å². The van der Waals surface area contributed by atoms with Gasteiger partial charge in [0.2, 0.25) is 5.76 Å². The molecule has 0 saturated heterocycles. The van der Waals surface area contributed by atoms with E-state index < -0.39 is 5.97 Å². The third kappa shape index (κ3) is 2.85. The van der Waals surface area contributed by atoms with Crippen LogP contribution >= 0.6 is 0 Å². The molecule has 2 N–H and O–H groups in total. The molecular formula is C12H17NO3. The summed E-state index contributed by atoms with van der Waals surface area (Å²) >= 11 is 0. The Balaban J connectivity index is 1.81. The molecule has 1 saturated carbocycles. The summed E-state index contributed by atoms with van der Waals surface area (Å²) in [6.07, 6.45) is 3.93. The number of hydrogen-bond donors (Lipinski definition) is 2. The summed E-state index contributed by atoms with van der Waals surface area (Å²) in [5, 5.41) is 12.1. The summed E-state index contributed by atoms with van der Waals surface area (Å²) in [4.78, 5) is 10.6. The fraction of sp³-hybridized carbons (Fsp3) is 0.583. The molecule has 0 radical (unpaired) electrons. The number of carbonyl (C=O) groups is 1. The summed E-state index contributed by atoms with van der Waals surface area (Å²) in [7, 11) is 0. The lowest BCUT2D eigenvalue weighted by atomic mass is 10.2. The van der Waals surface area contributed by atoms with Gasteiger partial charge >= 0.3 is 5.97 Å². The highest BCUT2D eigenvalue weighted by molar-refractivity contribution is 5.84. The van der Waals surface area contributed by atoms with Gasteiger partial charge in [-0.2, -0.15) is 0 Å². The SMILES string of the molecule is CC(NCCC1CC1)c1ccc(C(=O)O)o1. The van der Waals surface area contributed by atoms with E-state index in [2.05, 4.69) is 5.32 Å². The first-order chi connectivity index (χ1) is 7.66. The Labute approximate surface area is 94.6 Å². The fourth-order valence-corrected chi connectivity index (χ4v) is 1.71. The van der Waals surface area contributed by atoms with Gasteiger partial charge in [0.25, 0.3) is 0 Å². The van der Waals surface area contributed by atoms with Crippen LogP contribution in [-0.4, -0.2) is 17.6 Å². The summed E-state index contributed by atoms with van der Waals surface area (Å²) in [6.45, 7) is 2.95. The van der Waals surface area contributed by atoms with Crippen LogP contribution < -0.4 is 5.32 Å². The van der Waals surface area contributed by atoms with Crippen LogP contribution in [0.2, 0.25) is 0 Å². The van der Waals surface area contributed by atoms with Crippen molar-refractivity contribution >= 4 is 5.97 Å². The van der Waals surface area contributed by atoms with Crippen LogP contribution in [0.4, 0.5) is 0 Å². The average Bonchev–Trinajstić information content (AvgIpc) is 2.93. The molecule has 88 valence electrons. The predicted octanol–water partition coefficient (Wildman–Crippen LogP) is 2.43. The second kappa shape index (κ2) is 4.70. The molecule has 0 aliphatic heterocycles. The maximum atomic E-state index is 10.6. The summed E-state index contributed by atoms with van der Waals surface area (Å²) < 4.78 is 5.22. The quantitative estimate of drug-likeness (QED) is 0.777. The van der Waals surface area contributed by atoms with E-state index in [1.54, 1.807) is 6.07 Å². The highest BCUT2D eigenvalue weighted by Gasteiger charge is 2.21. The first-order valence-electron chi connectivity index (χ1n) is 5.73. The van der Waals surface area contributed by atoms with Crippen LogP contribution in [-0.2, 0) is 0 Å². The lowest BCUT2D eigenvalue weighted by Gasteiger charge is -2.10. The van der Waals surface area contributed by atoms with Crippen LogP contribution in [0.5, 0.6) is 0 Å². The lowest BCUT2D eigenvalue weighted by molar-refractivity contribution is 0.0659. The van der Waals surface area contributed by atoms with Gasteiger partial charge in [-0.05, 0) is 37.9 Å². The second-order valence-electron chi connectivity index (χ2n) is 4.42. The molecule has 0 amide bonds.